The molecule has 4 nitrogen and oxygen atoms in total. The lowest BCUT2D eigenvalue weighted by atomic mass is 9.98. The van der Waals surface area contributed by atoms with Gasteiger partial charge in [-0.05, 0) is 86.2 Å². The average Bonchev–Trinajstić information content (AvgIpc) is 3.08. The Morgan fingerprint density at radius 2 is 2.09 bits per heavy atom. The zero-order valence-electron chi connectivity index (χ0n) is 20.4. The zero-order valence-corrected chi connectivity index (χ0v) is 20.4. The monoisotopic (exact) mass is 428 g/mol. The van der Waals surface area contributed by atoms with Crippen LogP contribution in [0.2, 0.25) is 0 Å². The van der Waals surface area contributed by atoms with Gasteiger partial charge in [-0.2, -0.15) is 0 Å². The van der Waals surface area contributed by atoms with Gasteiger partial charge < -0.3 is 10.6 Å². The average molecular weight is 429 g/mol. The van der Waals surface area contributed by atoms with Crippen molar-refractivity contribution in [3.63, 3.8) is 0 Å². The topological polar surface area (TPSA) is 54.5 Å². The molecule has 1 aliphatic carbocycles. The molecule has 32 heavy (non-hydrogen) atoms. The number of aliphatic imine (C=N–C) groups is 1. The first-order valence-electron chi connectivity index (χ1n) is 11.6. The van der Waals surface area contributed by atoms with E-state index in [2.05, 4.69) is 75.4 Å². The Morgan fingerprint density at radius 1 is 1.34 bits per heavy atom. The van der Waals surface area contributed by atoms with Gasteiger partial charge in [0.15, 0.2) is 0 Å². The molecule has 0 radical (unpaired) electrons. The van der Waals surface area contributed by atoms with Gasteiger partial charge in [0.25, 0.3) is 0 Å². The quantitative estimate of drug-likeness (QED) is 0.600. The molecule has 2 fully saturated rings. The van der Waals surface area contributed by atoms with Crippen LogP contribution in [0.25, 0.3) is 11.8 Å². The van der Waals surface area contributed by atoms with E-state index in [-0.39, 0.29) is 5.41 Å². The number of hydrogen-bond donors (Lipinski definition) is 1. The molecule has 0 amide bonds. The summed E-state index contributed by atoms with van der Waals surface area (Å²) in [7, 11) is 0. The second kappa shape index (κ2) is 8.32. The summed E-state index contributed by atoms with van der Waals surface area (Å²) in [5.74, 6) is 0.596. The Bertz CT molecular complexity index is 1130. The van der Waals surface area contributed by atoms with E-state index in [1.165, 1.54) is 16.7 Å². The number of fused-ring (bicyclic) bond motifs is 1. The van der Waals surface area contributed by atoms with E-state index >= 15 is 0 Å². The fourth-order valence-corrected chi connectivity index (χ4v) is 5.01. The third kappa shape index (κ3) is 3.93. The summed E-state index contributed by atoms with van der Waals surface area (Å²) < 4.78 is 0. The summed E-state index contributed by atoms with van der Waals surface area (Å²) in [5.41, 5.74) is 16.7. The Labute approximate surface area is 193 Å². The second-order valence-electron chi connectivity index (χ2n) is 9.80. The molecular weight excluding hydrogens is 392 g/mol. The van der Waals surface area contributed by atoms with E-state index < -0.39 is 0 Å². The number of likely N-dealkylation sites (tertiary alicyclic amines) is 1. The Morgan fingerprint density at radius 3 is 2.72 bits per heavy atom. The number of nitrogens with two attached hydrogens (primary N) is 1. The first kappa shape index (κ1) is 22.5. The molecule has 2 N–H and O–H groups in total. The first-order chi connectivity index (χ1) is 15.2. The van der Waals surface area contributed by atoms with Crippen molar-refractivity contribution >= 4 is 23.2 Å². The van der Waals surface area contributed by atoms with Crippen LogP contribution in [-0.4, -0.2) is 34.7 Å². The van der Waals surface area contributed by atoms with Crippen LogP contribution >= 0.6 is 0 Å². The predicted octanol–water partition coefficient (Wildman–Crippen LogP) is 5.71. The van der Waals surface area contributed by atoms with Crippen molar-refractivity contribution in [2.45, 2.75) is 54.0 Å². The highest BCUT2D eigenvalue weighted by Crippen LogP contribution is 2.57. The molecule has 0 bridgehead atoms. The maximum Gasteiger partial charge on any atom is 0.0671 e. The number of aromatic nitrogens is 1. The third-order valence-corrected chi connectivity index (χ3v) is 7.74. The Hall–Kier alpha value is -2.72. The van der Waals surface area contributed by atoms with Gasteiger partial charge >= 0.3 is 0 Å². The molecule has 1 saturated heterocycles. The normalized spacial score (nSPS) is 25.2. The fraction of sp³-hybridized carbons (Fsp3) is 0.429. The van der Waals surface area contributed by atoms with Crippen molar-refractivity contribution in [1.29, 1.82) is 0 Å². The van der Waals surface area contributed by atoms with E-state index in [0.717, 1.165) is 53.4 Å². The van der Waals surface area contributed by atoms with Gasteiger partial charge in [0, 0.05) is 53.8 Å². The van der Waals surface area contributed by atoms with E-state index in [1.807, 2.05) is 19.2 Å². The molecule has 1 aromatic carbocycles. The number of piperidine rings is 1. The smallest absolute Gasteiger partial charge is 0.0671 e. The molecule has 3 unspecified atom stereocenters. The van der Waals surface area contributed by atoms with Gasteiger partial charge in [-0.15, -0.1) is 0 Å². The van der Waals surface area contributed by atoms with Crippen LogP contribution in [0.4, 0.5) is 5.69 Å². The predicted molar refractivity (Wildman–Crippen MR) is 136 cm³/mol. The molecule has 3 atom stereocenters. The summed E-state index contributed by atoms with van der Waals surface area (Å²) in [5, 5.41) is 0. The zero-order chi connectivity index (χ0) is 23.2. The van der Waals surface area contributed by atoms with Gasteiger partial charge in [0.1, 0.15) is 0 Å². The molecular formula is C28H36N4. The fourth-order valence-electron chi connectivity index (χ4n) is 5.01. The summed E-state index contributed by atoms with van der Waals surface area (Å²) in [6, 6.07) is 8.91. The van der Waals surface area contributed by atoms with E-state index in [0.29, 0.717) is 12.0 Å². The van der Waals surface area contributed by atoms with Gasteiger partial charge in [0.05, 0.1) is 5.69 Å². The lowest BCUT2D eigenvalue weighted by molar-refractivity contribution is 0.387. The third-order valence-electron chi connectivity index (χ3n) is 7.74. The van der Waals surface area contributed by atoms with Crippen LogP contribution in [0.3, 0.4) is 0 Å². The van der Waals surface area contributed by atoms with Gasteiger partial charge in [-0.3, -0.25) is 9.98 Å². The molecule has 4 rings (SSSR count). The van der Waals surface area contributed by atoms with E-state index in [1.54, 1.807) is 0 Å². The van der Waals surface area contributed by atoms with Crippen LogP contribution in [0.15, 0.2) is 47.6 Å². The minimum absolute atomic E-state index is 0.255. The highest BCUT2D eigenvalue weighted by molar-refractivity contribution is 6.03. The van der Waals surface area contributed by atoms with Crippen LogP contribution in [0.1, 0.15) is 55.6 Å². The van der Waals surface area contributed by atoms with Crippen molar-refractivity contribution in [3.8, 4) is 0 Å². The number of rotatable bonds is 6. The highest BCUT2D eigenvalue weighted by atomic mass is 15.2. The number of nitrogens with zero attached hydrogens (tertiary/aromatic N) is 3. The molecule has 168 valence electrons. The van der Waals surface area contributed by atoms with E-state index in [4.69, 9.17) is 10.7 Å². The number of aryl methyl sites for hydroxylation is 2. The van der Waals surface area contributed by atoms with Crippen LogP contribution in [0.5, 0.6) is 0 Å². The van der Waals surface area contributed by atoms with Crippen molar-refractivity contribution < 1.29 is 0 Å². The van der Waals surface area contributed by atoms with Crippen LogP contribution < -0.4 is 5.73 Å². The number of hydrogen-bond acceptors (Lipinski definition) is 4. The standard InChI is InChI=1S/C28H36N4/c1-8-22-13-24(21(6)32-15-25-27(29)28(25,7)16-32)14-26(18(22)3)31-19(4)17(2)12-23-10-9-11-30-20(23)5/h9-14,25,27H,6,8,15-16,29H2,1-5,7H3/b17-12+,31-19+. The Balaban J connectivity index is 1.64. The van der Waals surface area contributed by atoms with Gasteiger partial charge in [0.2, 0.25) is 0 Å². The van der Waals surface area contributed by atoms with Gasteiger partial charge in [-0.1, -0.05) is 26.5 Å². The van der Waals surface area contributed by atoms with Crippen molar-refractivity contribution in [2.75, 3.05) is 13.1 Å². The summed E-state index contributed by atoms with van der Waals surface area (Å²) >= 11 is 0. The van der Waals surface area contributed by atoms with Crippen molar-refractivity contribution in [3.05, 3.63) is 70.6 Å². The summed E-state index contributed by atoms with van der Waals surface area (Å²) in [4.78, 5) is 11.9. The van der Waals surface area contributed by atoms with Crippen molar-refractivity contribution in [1.82, 2.24) is 9.88 Å². The molecule has 4 heteroatoms. The molecule has 2 aliphatic rings. The molecule has 2 heterocycles. The molecule has 1 saturated carbocycles. The largest absolute Gasteiger partial charge is 0.371 e. The van der Waals surface area contributed by atoms with Crippen LogP contribution in [-0.2, 0) is 6.42 Å². The maximum absolute atomic E-state index is 6.26. The number of allylic oxidation sites excluding steroid dienone is 1. The number of benzene rings is 1. The maximum atomic E-state index is 6.26. The van der Waals surface area contributed by atoms with E-state index in [9.17, 15) is 0 Å². The Kier molecular flexibility index (Phi) is 5.85. The lowest BCUT2D eigenvalue weighted by Crippen LogP contribution is -2.29. The highest BCUT2D eigenvalue weighted by Gasteiger charge is 2.64. The second-order valence-corrected chi connectivity index (χ2v) is 9.80. The summed E-state index contributed by atoms with van der Waals surface area (Å²) in [6.07, 6.45) is 4.97. The molecule has 1 aliphatic heterocycles. The number of pyridine rings is 1. The minimum atomic E-state index is 0.255. The molecule has 1 aromatic heterocycles. The van der Waals surface area contributed by atoms with Crippen molar-refractivity contribution in [2.24, 2.45) is 22.1 Å². The van der Waals surface area contributed by atoms with Gasteiger partial charge in [-0.25, -0.2) is 0 Å². The molecule has 0 spiro atoms. The minimum Gasteiger partial charge on any atom is -0.371 e. The SMILES string of the molecule is C=C(c1cc(CC)c(C)c(/N=C(C)/C(C)=C/c2cccnc2C)c1)N1CC2C(N)C2(C)C1. The summed E-state index contributed by atoms with van der Waals surface area (Å²) in [6.45, 7) is 19.4. The van der Waals surface area contributed by atoms with Crippen LogP contribution in [0, 0.1) is 25.2 Å². The lowest BCUT2D eigenvalue weighted by Gasteiger charge is -2.26. The first-order valence-corrected chi connectivity index (χ1v) is 11.6. The molecule has 2 aromatic rings.